The number of hydrogen-bond acceptors (Lipinski definition) is 5. The Morgan fingerprint density at radius 1 is 0.902 bits per heavy atom. The first-order chi connectivity index (χ1) is 19.7. The van der Waals surface area contributed by atoms with Crippen LogP contribution in [0.4, 0.5) is 10.1 Å². The maximum Gasteiger partial charge on any atom is 0.224 e. The van der Waals surface area contributed by atoms with Gasteiger partial charge in [0.2, 0.25) is 5.91 Å². The fourth-order valence-electron chi connectivity index (χ4n) is 5.00. The number of pyridine rings is 2. The molecular weight excluding hydrogens is 519 g/mol. The first kappa shape index (κ1) is 26.2. The minimum atomic E-state index is -0.384. The second-order valence-electron chi connectivity index (χ2n) is 11.3. The lowest BCUT2D eigenvalue weighted by atomic mass is 9.92. The molecule has 0 radical (unpaired) electrons. The standard InChI is InChI=1S/C32H29FN6O2/c1-32(2,3)13-30(40)36-22-8-20(14-34-15-22)18-5-6-27-25(10-18)31(39-38-27)28-12-24-26(16-35-17-29(24)37-28)19-7-21(33)11-23(9-19)41-4/h5-12,14-17,37H,13H2,1-4H3,(H,36,40)(H,38,39). The summed E-state index contributed by atoms with van der Waals surface area (Å²) in [6.45, 7) is 6.09. The lowest BCUT2D eigenvalue weighted by Gasteiger charge is -2.17. The first-order valence-corrected chi connectivity index (χ1v) is 13.2. The van der Waals surface area contributed by atoms with E-state index >= 15 is 0 Å². The molecule has 9 heteroatoms. The van der Waals surface area contributed by atoms with Gasteiger partial charge in [-0.2, -0.15) is 5.10 Å². The van der Waals surface area contributed by atoms with Gasteiger partial charge >= 0.3 is 0 Å². The monoisotopic (exact) mass is 548 g/mol. The molecule has 3 N–H and O–H groups in total. The Labute approximate surface area is 236 Å². The normalized spacial score (nSPS) is 11.7. The zero-order valence-corrected chi connectivity index (χ0v) is 23.2. The number of rotatable bonds is 6. The largest absolute Gasteiger partial charge is 0.497 e. The molecule has 0 unspecified atom stereocenters. The number of methoxy groups -OCH3 is 1. The van der Waals surface area contributed by atoms with Crippen molar-refractivity contribution >= 4 is 33.4 Å². The molecule has 0 saturated carbocycles. The van der Waals surface area contributed by atoms with Crippen LogP contribution in [0.5, 0.6) is 5.75 Å². The highest BCUT2D eigenvalue weighted by atomic mass is 19.1. The molecule has 206 valence electrons. The number of carbonyl (C=O) groups is 1. The van der Waals surface area contributed by atoms with Gasteiger partial charge in [-0.1, -0.05) is 26.8 Å². The van der Waals surface area contributed by atoms with Crippen molar-refractivity contribution in [2.24, 2.45) is 5.41 Å². The van der Waals surface area contributed by atoms with E-state index in [4.69, 9.17) is 4.74 Å². The van der Waals surface area contributed by atoms with Crippen molar-refractivity contribution in [2.75, 3.05) is 12.4 Å². The Balaban J connectivity index is 1.37. The molecule has 2 aromatic carbocycles. The van der Waals surface area contributed by atoms with Crippen LogP contribution >= 0.6 is 0 Å². The Bertz CT molecular complexity index is 1920. The van der Waals surface area contributed by atoms with E-state index in [1.165, 1.54) is 19.2 Å². The van der Waals surface area contributed by atoms with E-state index in [0.717, 1.165) is 49.9 Å². The molecule has 0 bridgehead atoms. The van der Waals surface area contributed by atoms with Crippen LogP contribution in [0.15, 0.2) is 73.3 Å². The molecular formula is C32H29FN6O2. The molecule has 4 heterocycles. The number of anilines is 1. The third-order valence-electron chi connectivity index (χ3n) is 6.83. The number of H-pyrrole nitrogens is 2. The molecule has 4 aromatic heterocycles. The summed E-state index contributed by atoms with van der Waals surface area (Å²) in [5.74, 6) is 0.00422. The van der Waals surface area contributed by atoms with Gasteiger partial charge in [0.1, 0.15) is 17.3 Å². The summed E-state index contributed by atoms with van der Waals surface area (Å²) in [6, 6.07) is 14.5. The number of aromatic amines is 2. The SMILES string of the molecule is COc1cc(F)cc(-c2cncc3[nH]c(-c4n[nH]c5ccc(-c6cncc(NC(=O)CC(C)(C)C)c6)cc45)cc23)c1. The Morgan fingerprint density at radius 2 is 1.73 bits per heavy atom. The Hall–Kier alpha value is -5.05. The second kappa shape index (κ2) is 10.2. The number of aromatic nitrogens is 5. The summed E-state index contributed by atoms with van der Waals surface area (Å²) in [4.78, 5) is 24.6. The topological polar surface area (TPSA) is 109 Å². The molecule has 0 aliphatic rings. The molecule has 8 nitrogen and oxygen atoms in total. The highest BCUT2D eigenvalue weighted by Crippen LogP contribution is 2.36. The highest BCUT2D eigenvalue weighted by molar-refractivity contribution is 6.01. The smallest absolute Gasteiger partial charge is 0.224 e. The number of halogens is 1. The van der Waals surface area contributed by atoms with Crippen molar-refractivity contribution in [3.63, 3.8) is 0 Å². The van der Waals surface area contributed by atoms with Gasteiger partial charge < -0.3 is 15.0 Å². The molecule has 0 fully saturated rings. The van der Waals surface area contributed by atoms with Crippen LogP contribution in [-0.2, 0) is 4.79 Å². The van der Waals surface area contributed by atoms with Crippen molar-refractivity contribution in [3.05, 3.63) is 79.1 Å². The van der Waals surface area contributed by atoms with E-state index in [-0.39, 0.29) is 17.1 Å². The van der Waals surface area contributed by atoms with Gasteiger partial charge in [-0.3, -0.25) is 19.9 Å². The van der Waals surface area contributed by atoms with Crippen molar-refractivity contribution < 1.29 is 13.9 Å². The summed E-state index contributed by atoms with van der Waals surface area (Å²) in [7, 11) is 1.51. The zero-order chi connectivity index (χ0) is 28.7. The number of hydrogen-bond donors (Lipinski definition) is 3. The van der Waals surface area contributed by atoms with Crippen molar-refractivity contribution in [3.8, 4) is 39.4 Å². The number of amides is 1. The summed E-state index contributed by atoms with van der Waals surface area (Å²) in [5, 5.41) is 12.5. The minimum absolute atomic E-state index is 0.0478. The predicted octanol–water partition coefficient (Wildman–Crippen LogP) is 7.36. The van der Waals surface area contributed by atoms with Crippen molar-refractivity contribution in [2.45, 2.75) is 27.2 Å². The van der Waals surface area contributed by atoms with Crippen LogP contribution in [0.25, 0.3) is 55.4 Å². The molecule has 0 aliphatic heterocycles. The Kier molecular flexibility index (Phi) is 6.49. The van der Waals surface area contributed by atoms with Gasteiger partial charge in [-0.25, -0.2) is 4.39 Å². The zero-order valence-electron chi connectivity index (χ0n) is 23.2. The third-order valence-corrected chi connectivity index (χ3v) is 6.83. The molecule has 0 saturated heterocycles. The molecule has 41 heavy (non-hydrogen) atoms. The number of carbonyl (C=O) groups excluding carboxylic acids is 1. The van der Waals surface area contributed by atoms with Gasteiger partial charge in [0, 0.05) is 46.8 Å². The van der Waals surface area contributed by atoms with E-state index in [1.54, 1.807) is 30.9 Å². The molecule has 6 rings (SSSR count). The van der Waals surface area contributed by atoms with Crippen LogP contribution in [0, 0.1) is 11.2 Å². The van der Waals surface area contributed by atoms with Gasteiger partial charge in [0.05, 0.1) is 41.9 Å². The van der Waals surface area contributed by atoms with Crippen molar-refractivity contribution in [1.82, 2.24) is 25.1 Å². The fraction of sp³-hybridized carbons (Fsp3) is 0.188. The number of fused-ring (bicyclic) bond motifs is 2. The number of nitrogens with one attached hydrogen (secondary N) is 3. The maximum absolute atomic E-state index is 14.3. The third kappa shape index (κ3) is 5.38. The molecule has 0 spiro atoms. The molecule has 0 aliphatic carbocycles. The summed E-state index contributed by atoms with van der Waals surface area (Å²) in [6.07, 6.45) is 7.29. The van der Waals surface area contributed by atoms with E-state index in [1.807, 2.05) is 51.1 Å². The van der Waals surface area contributed by atoms with Gasteiger partial charge in [-0.15, -0.1) is 0 Å². The fourth-order valence-corrected chi connectivity index (χ4v) is 5.00. The van der Waals surface area contributed by atoms with Gasteiger partial charge in [0.25, 0.3) is 0 Å². The van der Waals surface area contributed by atoms with Gasteiger partial charge in [-0.05, 0) is 52.9 Å². The minimum Gasteiger partial charge on any atom is -0.497 e. The maximum atomic E-state index is 14.3. The molecule has 0 atom stereocenters. The van der Waals surface area contributed by atoms with Crippen LogP contribution in [0.2, 0.25) is 0 Å². The second-order valence-corrected chi connectivity index (χ2v) is 11.3. The summed E-state index contributed by atoms with van der Waals surface area (Å²) >= 11 is 0. The van der Waals surface area contributed by atoms with E-state index in [9.17, 15) is 9.18 Å². The van der Waals surface area contributed by atoms with Crippen LogP contribution in [0.3, 0.4) is 0 Å². The van der Waals surface area contributed by atoms with Crippen LogP contribution in [0.1, 0.15) is 27.2 Å². The van der Waals surface area contributed by atoms with E-state index in [0.29, 0.717) is 23.4 Å². The first-order valence-electron chi connectivity index (χ1n) is 13.2. The number of ether oxygens (including phenoxy) is 1. The summed E-state index contributed by atoms with van der Waals surface area (Å²) in [5.41, 5.74) is 7.00. The number of nitrogens with zero attached hydrogens (tertiary/aromatic N) is 3. The predicted molar refractivity (Wildman–Crippen MR) is 159 cm³/mol. The average Bonchev–Trinajstić information content (AvgIpc) is 3.55. The van der Waals surface area contributed by atoms with Crippen LogP contribution in [-0.4, -0.2) is 38.2 Å². The van der Waals surface area contributed by atoms with E-state index in [2.05, 4.69) is 30.5 Å². The Morgan fingerprint density at radius 3 is 2.54 bits per heavy atom. The number of benzene rings is 2. The van der Waals surface area contributed by atoms with Crippen LogP contribution < -0.4 is 10.1 Å². The molecule has 1 amide bonds. The van der Waals surface area contributed by atoms with Gasteiger partial charge in [0.15, 0.2) is 0 Å². The van der Waals surface area contributed by atoms with E-state index < -0.39 is 0 Å². The lowest BCUT2D eigenvalue weighted by molar-refractivity contribution is -0.117. The molecule has 6 aromatic rings. The quantitative estimate of drug-likeness (QED) is 0.202. The highest BCUT2D eigenvalue weighted by Gasteiger charge is 2.18. The average molecular weight is 549 g/mol. The van der Waals surface area contributed by atoms with Crippen molar-refractivity contribution in [1.29, 1.82) is 0 Å². The summed E-state index contributed by atoms with van der Waals surface area (Å²) < 4.78 is 19.6. The lowest BCUT2D eigenvalue weighted by Crippen LogP contribution is -2.19.